The molecule has 0 aromatic heterocycles. The minimum Gasteiger partial charge on any atom is 0.0867 e. The average Bonchev–Trinajstić information content (AvgIpc) is 1.75. The summed E-state index contributed by atoms with van der Waals surface area (Å²) in [5.74, 6) is 0. The molecule has 3 heteroatoms. The molecule has 0 nitrogen and oxygen atoms in total. The van der Waals surface area contributed by atoms with Gasteiger partial charge in [-0.25, -0.2) is 0 Å². The third-order valence-electron chi connectivity index (χ3n) is 0.268. The van der Waals surface area contributed by atoms with Gasteiger partial charge in [-0.15, -0.1) is 0 Å². The van der Waals surface area contributed by atoms with E-state index in [9.17, 15) is 0 Å². The van der Waals surface area contributed by atoms with E-state index in [0.717, 1.165) is 0 Å². The lowest BCUT2D eigenvalue weighted by Gasteiger charge is -1.30. The molecule has 1 aliphatic heterocycles. The monoisotopic (exact) mass is 108 g/mol. The average molecular weight is 108 g/mol. The second-order valence-corrected chi connectivity index (χ2v) is 10.8. The van der Waals surface area contributed by atoms with Crippen molar-refractivity contribution < 1.29 is 0 Å². The zero-order chi connectivity index (χ0) is 2.99. The van der Waals surface area contributed by atoms with Gasteiger partial charge in [0.15, 0.2) is 0 Å². The molecule has 1 saturated heterocycles. The first-order valence-corrected chi connectivity index (χ1v) is 6.74. The molecular weight excluding hydrogens is 105 g/mol. The van der Waals surface area contributed by atoms with E-state index in [2.05, 4.69) is 6.66 Å². The van der Waals surface area contributed by atoms with Crippen LogP contribution in [-0.4, -0.2) is 6.66 Å². The fourth-order valence-electron chi connectivity index (χ4n) is 0.0400. The maximum Gasteiger partial charge on any atom is 0.247 e. The largest absolute Gasteiger partial charge is 0.247 e. The maximum atomic E-state index is 2.32. The van der Waals surface area contributed by atoms with Gasteiger partial charge in [0.2, 0.25) is 23.2 Å². The smallest absolute Gasteiger partial charge is 0.0867 e. The highest BCUT2D eigenvalue weighted by atomic mass is 33.0. The zero-order valence-electron chi connectivity index (χ0n) is 2.34. The lowest BCUT2D eigenvalue weighted by molar-refractivity contribution is 2.51. The SMILES string of the molecule is C[P+]1[P][P]1. The van der Waals surface area contributed by atoms with E-state index in [4.69, 9.17) is 0 Å². The van der Waals surface area contributed by atoms with Gasteiger partial charge in [-0.2, -0.15) is 0 Å². The molecule has 0 spiro atoms. The molecule has 0 aromatic carbocycles. The van der Waals surface area contributed by atoms with Crippen LogP contribution >= 0.6 is 23.2 Å². The zero-order valence-corrected chi connectivity index (χ0v) is 5.02. The van der Waals surface area contributed by atoms with E-state index < -0.39 is 0 Å². The van der Waals surface area contributed by atoms with E-state index in [0.29, 0.717) is 7.30 Å². The summed E-state index contributed by atoms with van der Waals surface area (Å²) in [5, 5.41) is 0. The molecule has 1 rings (SSSR count). The van der Waals surface area contributed by atoms with Gasteiger partial charge in [-0.05, 0) is 0 Å². The van der Waals surface area contributed by atoms with Crippen LogP contribution in [0.5, 0.6) is 0 Å². The maximum absolute atomic E-state index is 2.32. The number of hydrogen-bond acceptors (Lipinski definition) is 0. The Morgan fingerprint density at radius 2 is 1.75 bits per heavy atom. The minimum atomic E-state index is 0.574. The summed E-state index contributed by atoms with van der Waals surface area (Å²) in [6, 6.07) is 0. The molecule has 0 N–H and O–H groups in total. The molecule has 0 atom stereocenters. The van der Waals surface area contributed by atoms with Crippen LogP contribution in [0, 0.1) is 0 Å². The molecule has 1 heterocycles. The summed E-state index contributed by atoms with van der Waals surface area (Å²) in [4.78, 5) is 0. The summed E-state index contributed by atoms with van der Waals surface area (Å²) in [6.07, 6.45) is 0. The minimum absolute atomic E-state index is 0.574. The molecule has 0 amide bonds. The van der Waals surface area contributed by atoms with E-state index >= 15 is 0 Å². The predicted molar refractivity (Wildman–Crippen MR) is 26.7 cm³/mol. The van der Waals surface area contributed by atoms with E-state index in [1.807, 2.05) is 0 Å². The molecule has 0 unspecified atom stereocenters. The standard InChI is InChI=1S/CH3P3/c1-4-2-3-4/h1H3/q+1. The normalized spacial score (nSPS) is 51.8. The van der Waals surface area contributed by atoms with Gasteiger partial charge in [0.1, 0.15) is 0 Å². The molecule has 0 bridgehead atoms. The van der Waals surface area contributed by atoms with Crippen molar-refractivity contribution in [1.82, 2.24) is 0 Å². The van der Waals surface area contributed by atoms with Crippen molar-refractivity contribution in [1.29, 1.82) is 0 Å². The van der Waals surface area contributed by atoms with Crippen LogP contribution < -0.4 is 0 Å². The summed E-state index contributed by atoms with van der Waals surface area (Å²) in [7, 11) is 3.98. The summed E-state index contributed by atoms with van der Waals surface area (Å²) in [5.41, 5.74) is 0. The van der Waals surface area contributed by atoms with Crippen molar-refractivity contribution in [2.24, 2.45) is 0 Å². The molecule has 0 aromatic rings. The van der Waals surface area contributed by atoms with Gasteiger partial charge in [-0.3, -0.25) is 0 Å². The first-order valence-electron chi connectivity index (χ1n) is 1.05. The van der Waals surface area contributed by atoms with Crippen molar-refractivity contribution in [3.05, 3.63) is 0 Å². The van der Waals surface area contributed by atoms with Crippen LogP contribution in [0.15, 0.2) is 0 Å². The fourth-order valence-corrected chi connectivity index (χ4v) is 3.24. The second-order valence-electron chi connectivity index (χ2n) is 0.668. The van der Waals surface area contributed by atoms with Crippen LogP contribution in [0.4, 0.5) is 0 Å². The topological polar surface area (TPSA) is 0 Å². The third kappa shape index (κ3) is 0.937. The molecule has 0 aliphatic carbocycles. The van der Waals surface area contributed by atoms with Gasteiger partial charge in [0.05, 0.1) is 6.66 Å². The Morgan fingerprint density at radius 1 is 1.50 bits per heavy atom. The molecular formula is CH3P3+. The van der Waals surface area contributed by atoms with Crippen LogP contribution in [0.25, 0.3) is 0 Å². The van der Waals surface area contributed by atoms with Crippen LogP contribution in [-0.2, 0) is 0 Å². The van der Waals surface area contributed by atoms with Gasteiger partial charge in [0.25, 0.3) is 0 Å². The highest BCUT2D eigenvalue weighted by Crippen LogP contribution is 2.97. The molecule has 3 radical (unpaired) electrons. The highest BCUT2D eigenvalue weighted by molar-refractivity contribution is 8.98. The van der Waals surface area contributed by atoms with Crippen molar-refractivity contribution in [3.8, 4) is 0 Å². The lowest BCUT2D eigenvalue weighted by Crippen LogP contribution is -1.03. The van der Waals surface area contributed by atoms with Gasteiger partial charge < -0.3 is 0 Å². The van der Waals surface area contributed by atoms with Gasteiger partial charge in [0, 0.05) is 0 Å². The van der Waals surface area contributed by atoms with E-state index in [-0.39, 0.29) is 0 Å². The first-order chi connectivity index (χ1) is 1.89. The third-order valence-corrected chi connectivity index (χ3v) is 7.24. The molecule has 21 valence electrons. The Hall–Kier alpha value is 1.29. The lowest BCUT2D eigenvalue weighted by atomic mass is 12.0. The Kier molecular flexibility index (Phi) is 1.02. The molecule has 1 fully saturated rings. The Labute approximate surface area is 30.7 Å². The van der Waals surface area contributed by atoms with E-state index in [1.54, 1.807) is 15.9 Å². The molecule has 0 saturated carbocycles. The molecule has 4 heavy (non-hydrogen) atoms. The quantitative estimate of drug-likeness (QED) is 0.418. The second kappa shape index (κ2) is 1.17. The summed E-state index contributed by atoms with van der Waals surface area (Å²) in [6.45, 7) is 2.32. The van der Waals surface area contributed by atoms with E-state index in [1.165, 1.54) is 0 Å². The van der Waals surface area contributed by atoms with Crippen LogP contribution in [0.1, 0.15) is 0 Å². The van der Waals surface area contributed by atoms with Crippen LogP contribution in [0.2, 0.25) is 0 Å². The highest BCUT2D eigenvalue weighted by Gasteiger charge is 2.39. The van der Waals surface area contributed by atoms with Crippen molar-refractivity contribution >= 4 is 23.2 Å². The Balaban J connectivity index is 2.17. The van der Waals surface area contributed by atoms with Gasteiger partial charge in [-0.1, -0.05) is 0 Å². The van der Waals surface area contributed by atoms with Crippen molar-refractivity contribution in [3.63, 3.8) is 0 Å². The summed E-state index contributed by atoms with van der Waals surface area (Å²) < 4.78 is 0. The first kappa shape index (κ1) is 3.48. The fraction of sp³-hybridized carbons (Fsp3) is 1.00. The van der Waals surface area contributed by atoms with Crippen LogP contribution in [0.3, 0.4) is 0 Å². The van der Waals surface area contributed by atoms with Crippen molar-refractivity contribution in [2.45, 2.75) is 0 Å². The molecule has 1 aliphatic rings. The predicted octanol–water partition coefficient (Wildman–Crippen LogP) is 2.75. The van der Waals surface area contributed by atoms with Crippen molar-refractivity contribution in [2.75, 3.05) is 6.66 Å². The van der Waals surface area contributed by atoms with Gasteiger partial charge >= 0.3 is 0 Å². The summed E-state index contributed by atoms with van der Waals surface area (Å²) >= 11 is 0. The Bertz CT molecular complexity index is 22.5. The number of hydrogen-bond donors (Lipinski definition) is 0. The number of rotatable bonds is 0. The Morgan fingerprint density at radius 3 is 1.75 bits per heavy atom.